The minimum absolute atomic E-state index is 0.0181. The van der Waals surface area contributed by atoms with E-state index in [1.54, 1.807) is 12.1 Å². The highest BCUT2D eigenvalue weighted by atomic mass is 35.5. The molecule has 0 unspecified atom stereocenters. The summed E-state index contributed by atoms with van der Waals surface area (Å²) in [6.45, 7) is 4.23. The van der Waals surface area contributed by atoms with Crippen LogP contribution in [0.4, 0.5) is 0 Å². The average Bonchev–Trinajstić information content (AvgIpc) is 3.06. The maximum atomic E-state index is 12.0. The van der Waals surface area contributed by atoms with Gasteiger partial charge in [0, 0.05) is 16.6 Å². The van der Waals surface area contributed by atoms with E-state index in [-0.39, 0.29) is 17.7 Å². The molecule has 0 spiro atoms. The van der Waals surface area contributed by atoms with Gasteiger partial charge in [-0.15, -0.1) is 10.2 Å². The van der Waals surface area contributed by atoms with Crippen LogP contribution in [0.2, 0.25) is 5.02 Å². The van der Waals surface area contributed by atoms with Gasteiger partial charge in [0.2, 0.25) is 11.8 Å². The molecule has 0 aliphatic rings. The zero-order valence-electron chi connectivity index (χ0n) is 14.6. The molecule has 1 aromatic heterocycles. The quantitative estimate of drug-likeness (QED) is 0.465. The third-order valence-electron chi connectivity index (χ3n) is 3.70. The third kappa shape index (κ3) is 7.08. The number of amides is 1. The fourth-order valence-electron chi connectivity index (χ4n) is 2.40. The topological polar surface area (TPSA) is 68.0 Å². The van der Waals surface area contributed by atoms with Gasteiger partial charge in [-0.2, -0.15) is 0 Å². The summed E-state index contributed by atoms with van der Waals surface area (Å²) in [4.78, 5) is 12.0. The summed E-state index contributed by atoms with van der Waals surface area (Å²) in [5.41, 5.74) is 0.761. The summed E-state index contributed by atoms with van der Waals surface area (Å²) in [5, 5.41) is 12.0. The smallest absolute Gasteiger partial charge is 0.277 e. The second kappa shape index (κ2) is 10.5. The summed E-state index contributed by atoms with van der Waals surface area (Å²) in [6.07, 6.45) is 5.85. The molecule has 0 aliphatic heterocycles. The molecule has 1 amide bonds. The van der Waals surface area contributed by atoms with Crippen molar-refractivity contribution in [1.29, 1.82) is 0 Å². The number of hydrogen-bond acceptors (Lipinski definition) is 5. The van der Waals surface area contributed by atoms with Crippen LogP contribution in [0.15, 0.2) is 33.9 Å². The molecular weight excluding hydrogens is 358 g/mol. The molecule has 7 heteroatoms. The van der Waals surface area contributed by atoms with Crippen molar-refractivity contribution >= 4 is 29.3 Å². The van der Waals surface area contributed by atoms with E-state index in [0.717, 1.165) is 18.4 Å². The standard InChI is InChI=1S/C18H24ClN3O2S/c1-3-4-5-6-8-13(2)20-16(23)12-25-18-22-21-17(24-18)14-9-7-10-15(19)11-14/h7,9-11,13H,3-6,8,12H2,1-2H3,(H,20,23)/t13-/m0/s1. The first-order chi connectivity index (χ1) is 12.1. The number of carbonyl (C=O) groups is 1. The predicted molar refractivity (Wildman–Crippen MR) is 102 cm³/mol. The van der Waals surface area contributed by atoms with E-state index in [9.17, 15) is 4.79 Å². The van der Waals surface area contributed by atoms with Gasteiger partial charge in [-0.3, -0.25) is 4.79 Å². The van der Waals surface area contributed by atoms with Crippen LogP contribution in [0, 0.1) is 0 Å². The van der Waals surface area contributed by atoms with E-state index >= 15 is 0 Å². The molecule has 0 saturated carbocycles. The molecule has 2 aromatic rings. The molecule has 0 bridgehead atoms. The average molecular weight is 382 g/mol. The van der Waals surface area contributed by atoms with Crippen LogP contribution in [0.3, 0.4) is 0 Å². The van der Waals surface area contributed by atoms with Gasteiger partial charge in [-0.25, -0.2) is 0 Å². The van der Waals surface area contributed by atoms with Gasteiger partial charge < -0.3 is 9.73 Å². The summed E-state index contributed by atoms with van der Waals surface area (Å²) in [7, 11) is 0. The third-order valence-corrected chi connectivity index (χ3v) is 4.76. The molecule has 0 aliphatic carbocycles. The van der Waals surface area contributed by atoms with Crippen molar-refractivity contribution < 1.29 is 9.21 Å². The number of hydrogen-bond donors (Lipinski definition) is 1. The number of aromatic nitrogens is 2. The lowest BCUT2D eigenvalue weighted by Gasteiger charge is -2.13. The normalized spacial score (nSPS) is 12.1. The van der Waals surface area contributed by atoms with Crippen molar-refractivity contribution in [2.24, 2.45) is 0 Å². The van der Waals surface area contributed by atoms with E-state index in [1.165, 1.54) is 31.0 Å². The fourth-order valence-corrected chi connectivity index (χ4v) is 3.16. The Morgan fingerprint density at radius 1 is 1.32 bits per heavy atom. The molecule has 0 fully saturated rings. The molecule has 1 N–H and O–H groups in total. The van der Waals surface area contributed by atoms with Crippen LogP contribution in [0.1, 0.15) is 46.0 Å². The highest BCUT2D eigenvalue weighted by Gasteiger charge is 2.13. The zero-order chi connectivity index (χ0) is 18.1. The molecule has 136 valence electrons. The van der Waals surface area contributed by atoms with Crippen molar-refractivity contribution in [3.05, 3.63) is 29.3 Å². The number of thioether (sulfide) groups is 1. The lowest BCUT2D eigenvalue weighted by Crippen LogP contribution is -2.33. The van der Waals surface area contributed by atoms with Crippen LogP contribution in [0.25, 0.3) is 11.5 Å². The predicted octanol–water partition coefficient (Wildman–Crippen LogP) is 4.96. The summed E-state index contributed by atoms with van der Waals surface area (Å²) in [6, 6.07) is 7.40. The van der Waals surface area contributed by atoms with Crippen molar-refractivity contribution in [3.63, 3.8) is 0 Å². The number of nitrogens with zero attached hydrogens (tertiary/aromatic N) is 2. The van der Waals surface area contributed by atoms with Crippen molar-refractivity contribution in [2.75, 3.05) is 5.75 Å². The maximum absolute atomic E-state index is 12.0. The maximum Gasteiger partial charge on any atom is 0.277 e. The van der Waals surface area contributed by atoms with Crippen LogP contribution >= 0.6 is 23.4 Å². The van der Waals surface area contributed by atoms with E-state index in [1.807, 2.05) is 19.1 Å². The van der Waals surface area contributed by atoms with E-state index in [0.29, 0.717) is 16.1 Å². The van der Waals surface area contributed by atoms with Gasteiger partial charge in [-0.1, -0.05) is 62.0 Å². The van der Waals surface area contributed by atoms with Crippen molar-refractivity contribution in [1.82, 2.24) is 15.5 Å². The molecule has 5 nitrogen and oxygen atoms in total. The highest BCUT2D eigenvalue weighted by Crippen LogP contribution is 2.25. The number of carbonyl (C=O) groups excluding carboxylic acids is 1. The Labute approximate surface area is 157 Å². The summed E-state index contributed by atoms with van der Waals surface area (Å²) >= 11 is 7.20. The number of rotatable bonds is 10. The Hall–Kier alpha value is -1.53. The first kappa shape index (κ1) is 19.8. The lowest BCUT2D eigenvalue weighted by molar-refractivity contribution is -0.119. The van der Waals surface area contributed by atoms with E-state index < -0.39 is 0 Å². The Morgan fingerprint density at radius 2 is 2.16 bits per heavy atom. The number of benzene rings is 1. The molecule has 1 atom stereocenters. The first-order valence-electron chi connectivity index (χ1n) is 8.60. The Bertz CT molecular complexity index is 678. The second-order valence-electron chi connectivity index (χ2n) is 5.99. The van der Waals surface area contributed by atoms with Gasteiger partial charge in [0.1, 0.15) is 0 Å². The van der Waals surface area contributed by atoms with Crippen LogP contribution in [0.5, 0.6) is 0 Å². The molecular formula is C18H24ClN3O2S. The summed E-state index contributed by atoms with van der Waals surface area (Å²) < 4.78 is 5.57. The monoisotopic (exact) mass is 381 g/mol. The number of halogens is 1. The van der Waals surface area contributed by atoms with Crippen LogP contribution < -0.4 is 5.32 Å². The van der Waals surface area contributed by atoms with Crippen molar-refractivity contribution in [2.45, 2.75) is 57.2 Å². The SMILES string of the molecule is CCCCCC[C@H](C)NC(=O)CSc1nnc(-c2cccc(Cl)c2)o1. The largest absolute Gasteiger partial charge is 0.411 e. The number of nitrogens with one attached hydrogen (secondary N) is 1. The van der Waals surface area contributed by atoms with Gasteiger partial charge in [0.15, 0.2) is 0 Å². The Kier molecular flexibility index (Phi) is 8.28. The minimum Gasteiger partial charge on any atom is -0.411 e. The molecule has 0 radical (unpaired) electrons. The molecule has 1 heterocycles. The van der Waals surface area contributed by atoms with E-state index in [4.69, 9.17) is 16.0 Å². The fraction of sp³-hybridized carbons (Fsp3) is 0.500. The Morgan fingerprint density at radius 3 is 2.92 bits per heavy atom. The van der Waals surface area contributed by atoms with Crippen molar-refractivity contribution in [3.8, 4) is 11.5 Å². The zero-order valence-corrected chi connectivity index (χ0v) is 16.2. The highest BCUT2D eigenvalue weighted by molar-refractivity contribution is 7.99. The minimum atomic E-state index is -0.0181. The van der Waals surface area contributed by atoms with Gasteiger partial charge in [-0.05, 0) is 31.5 Å². The van der Waals surface area contributed by atoms with Gasteiger partial charge >= 0.3 is 0 Å². The Balaban J connectivity index is 1.75. The molecule has 0 saturated heterocycles. The van der Waals surface area contributed by atoms with Crippen LogP contribution in [-0.2, 0) is 4.79 Å². The lowest BCUT2D eigenvalue weighted by atomic mass is 10.1. The first-order valence-corrected chi connectivity index (χ1v) is 9.96. The number of unbranched alkanes of at least 4 members (excludes halogenated alkanes) is 3. The molecule has 1 aromatic carbocycles. The van der Waals surface area contributed by atoms with Gasteiger partial charge in [0.05, 0.1) is 5.75 Å². The molecule has 25 heavy (non-hydrogen) atoms. The van der Waals surface area contributed by atoms with E-state index in [2.05, 4.69) is 22.4 Å². The van der Waals surface area contributed by atoms with Gasteiger partial charge in [0.25, 0.3) is 5.22 Å². The summed E-state index contributed by atoms with van der Waals surface area (Å²) in [5.74, 6) is 0.640. The second-order valence-corrected chi connectivity index (χ2v) is 7.35. The molecule has 2 rings (SSSR count). The van der Waals surface area contributed by atoms with Crippen LogP contribution in [-0.4, -0.2) is 27.9 Å².